The molecule has 2 aromatic rings. The Hall–Kier alpha value is -3.59. The molecule has 2 aromatic carbocycles. The number of carbonyl (C=O) groups is 4. The zero-order valence-corrected chi connectivity index (χ0v) is 20.2. The van der Waals surface area contributed by atoms with E-state index < -0.39 is 23.7 Å². The summed E-state index contributed by atoms with van der Waals surface area (Å²) in [5, 5.41) is 2.24. The second kappa shape index (κ2) is 11.0. The molecular formula is C25H26N2O6S. The van der Waals surface area contributed by atoms with E-state index in [2.05, 4.69) is 5.32 Å². The molecule has 3 amide bonds. The Labute approximate surface area is 202 Å². The van der Waals surface area contributed by atoms with Crippen molar-refractivity contribution in [2.24, 2.45) is 0 Å². The fourth-order valence-electron chi connectivity index (χ4n) is 3.10. The average Bonchev–Trinajstić information content (AvgIpc) is 3.02. The van der Waals surface area contributed by atoms with E-state index in [1.807, 2.05) is 32.0 Å². The van der Waals surface area contributed by atoms with Gasteiger partial charge in [0.1, 0.15) is 12.3 Å². The lowest BCUT2D eigenvalue weighted by atomic mass is 10.1. The first kappa shape index (κ1) is 25.0. The number of esters is 1. The van der Waals surface area contributed by atoms with Gasteiger partial charge < -0.3 is 14.8 Å². The number of benzene rings is 2. The summed E-state index contributed by atoms with van der Waals surface area (Å²) >= 11 is 0.731. The minimum atomic E-state index is -0.655. The van der Waals surface area contributed by atoms with Gasteiger partial charge in [0.15, 0.2) is 6.61 Å². The van der Waals surface area contributed by atoms with Crippen molar-refractivity contribution >= 4 is 46.5 Å². The number of anilines is 1. The molecule has 0 saturated carbocycles. The van der Waals surface area contributed by atoms with E-state index in [0.29, 0.717) is 17.0 Å². The van der Waals surface area contributed by atoms with Crippen LogP contribution in [0.15, 0.2) is 47.4 Å². The van der Waals surface area contributed by atoms with Crippen LogP contribution in [0.2, 0.25) is 0 Å². The molecule has 8 nitrogen and oxygen atoms in total. The number of para-hydroxylation sites is 1. The van der Waals surface area contributed by atoms with Gasteiger partial charge in [-0.3, -0.25) is 24.1 Å². The molecule has 1 aliphatic rings. The van der Waals surface area contributed by atoms with E-state index in [0.717, 1.165) is 27.8 Å². The average molecular weight is 483 g/mol. The largest absolute Gasteiger partial charge is 0.483 e. The van der Waals surface area contributed by atoms with E-state index in [1.54, 1.807) is 38.1 Å². The van der Waals surface area contributed by atoms with Crippen molar-refractivity contribution in [3.8, 4) is 5.75 Å². The molecule has 1 saturated heterocycles. The van der Waals surface area contributed by atoms with Gasteiger partial charge in [0.05, 0.1) is 11.0 Å². The number of aryl methyl sites for hydroxylation is 2. The summed E-state index contributed by atoms with van der Waals surface area (Å²) in [5.74, 6) is -1.19. The molecule has 0 unspecified atom stereocenters. The van der Waals surface area contributed by atoms with Crippen LogP contribution in [-0.2, 0) is 19.1 Å². The van der Waals surface area contributed by atoms with Crippen LogP contribution in [0.25, 0.3) is 6.08 Å². The molecule has 0 atom stereocenters. The van der Waals surface area contributed by atoms with E-state index in [4.69, 9.17) is 9.47 Å². The van der Waals surface area contributed by atoms with E-state index in [-0.39, 0.29) is 23.5 Å². The van der Waals surface area contributed by atoms with Crippen LogP contribution >= 0.6 is 11.8 Å². The molecule has 0 radical (unpaired) electrons. The molecule has 178 valence electrons. The Balaban J connectivity index is 1.67. The standard InChI is InChI=1S/C25H26N2O6S/c1-15(2)33-23(29)13-27-24(30)21(34-25(27)31)12-18-7-5-6-8-20(18)32-14-22(28)26-19-10-9-16(3)17(4)11-19/h5-12,15H,13-14H2,1-4H3,(H,26,28)/b21-12-. The molecule has 3 rings (SSSR count). The van der Waals surface area contributed by atoms with Crippen LogP contribution in [0.3, 0.4) is 0 Å². The highest BCUT2D eigenvalue weighted by Gasteiger charge is 2.37. The number of nitrogens with one attached hydrogen (secondary N) is 1. The van der Waals surface area contributed by atoms with Crippen molar-refractivity contribution in [3.63, 3.8) is 0 Å². The third kappa shape index (κ3) is 6.48. The van der Waals surface area contributed by atoms with Crippen LogP contribution in [0.5, 0.6) is 5.75 Å². The number of amides is 3. The monoisotopic (exact) mass is 482 g/mol. The van der Waals surface area contributed by atoms with E-state index in [9.17, 15) is 19.2 Å². The van der Waals surface area contributed by atoms with Gasteiger partial charge in [-0.1, -0.05) is 24.3 Å². The summed E-state index contributed by atoms with van der Waals surface area (Å²) in [4.78, 5) is 50.2. The van der Waals surface area contributed by atoms with Crippen molar-refractivity contribution in [3.05, 3.63) is 64.1 Å². The summed E-state index contributed by atoms with van der Waals surface area (Å²) in [6, 6.07) is 12.5. The molecule has 34 heavy (non-hydrogen) atoms. The third-order valence-electron chi connectivity index (χ3n) is 4.88. The first-order valence-electron chi connectivity index (χ1n) is 10.7. The quantitative estimate of drug-likeness (QED) is 0.442. The Morgan fingerprint density at radius 3 is 2.53 bits per heavy atom. The Morgan fingerprint density at radius 1 is 1.09 bits per heavy atom. The van der Waals surface area contributed by atoms with Crippen molar-refractivity contribution in [1.29, 1.82) is 0 Å². The summed E-state index contributed by atoms with van der Waals surface area (Å²) in [7, 11) is 0. The maximum atomic E-state index is 12.7. The highest BCUT2D eigenvalue weighted by atomic mass is 32.2. The van der Waals surface area contributed by atoms with Crippen molar-refractivity contribution in [1.82, 2.24) is 4.90 Å². The van der Waals surface area contributed by atoms with Gasteiger partial charge in [-0.15, -0.1) is 0 Å². The van der Waals surface area contributed by atoms with Crippen LogP contribution in [0, 0.1) is 13.8 Å². The molecule has 0 aliphatic carbocycles. The predicted molar refractivity (Wildman–Crippen MR) is 130 cm³/mol. The van der Waals surface area contributed by atoms with Crippen molar-refractivity contribution < 1.29 is 28.7 Å². The number of hydrogen-bond donors (Lipinski definition) is 1. The lowest BCUT2D eigenvalue weighted by molar-refractivity contribution is -0.149. The lowest BCUT2D eigenvalue weighted by Gasteiger charge is -2.13. The van der Waals surface area contributed by atoms with Crippen molar-refractivity contribution in [2.75, 3.05) is 18.5 Å². The van der Waals surface area contributed by atoms with Crippen LogP contribution in [0.4, 0.5) is 10.5 Å². The summed E-state index contributed by atoms with van der Waals surface area (Å²) in [6.45, 7) is 6.65. The first-order valence-corrected chi connectivity index (χ1v) is 11.5. The molecular weight excluding hydrogens is 456 g/mol. The fraction of sp³-hybridized carbons (Fsp3) is 0.280. The normalized spacial score (nSPS) is 14.6. The number of thioether (sulfide) groups is 1. The first-order chi connectivity index (χ1) is 16.1. The number of nitrogens with zero attached hydrogens (tertiary/aromatic N) is 1. The maximum Gasteiger partial charge on any atom is 0.326 e. The van der Waals surface area contributed by atoms with Gasteiger partial charge in [-0.05, 0) is 74.9 Å². The number of rotatable bonds is 8. The smallest absolute Gasteiger partial charge is 0.326 e. The minimum Gasteiger partial charge on any atom is -0.483 e. The van der Waals surface area contributed by atoms with Gasteiger partial charge in [-0.25, -0.2) is 0 Å². The van der Waals surface area contributed by atoms with Gasteiger partial charge in [0.25, 0.3) is 17.1 Å². The second-order valence-corrected chi connectivity index (χ2v) is 8.97. The molecule has 0 spiro atoms. The van der Waals surface area contributed by atoms with Gasteiger partial charge in [0.2, 0.25) is 0 Å². The Kier molecular flexibility index (Phi) is 8.12. The Bertz CT molecular complexity index is 1160. The topological polar surface area (TPSA) is 102 Å². The van der Waals surface area contributed by atoms with Crippen LogP contribution in [-0.4, -0.2) is 47.2 Å². The van der Waals surface area contributed by atoms with Gasteiger partial charge >= 0.3 is 5.97 Å². The third-order valence-corrected chi connectivity index (χ3v) is 5.79. The molecule has 1 heterocycles. The molecule has 0 bridgehead atoms. The maximum absolute atomic E-state index is 12.7. The summed E-state index contributed by atoms with van der Waals surface area (Å²) in [6.07, 6.45) is 1.16. The van der Waals surface area contributed by atoms with Crippen molar-refractivity contribution in [2.45, 2.75) is 33.8 Å². The molecule has 9 heteroatoms. The van der Waals surface area contributed by atoms with Crippen LogP contribution in [0.1, 0.15) is 30.5 Å². The van der Waals surface area contributed by atoms with Gasteiger partial charge in [-0.2, -0.15) is 0 Å². The number of ether oxygens (including phenoxy) is 2. The zero-order valence-electron chi connectivity index (χ0n) is 19.4. The minimum absolute atomic E-state index is 0.151. The van der Waals surface area contributed by atoms with E-state index >= 15 is 0 Å². The lowest BCUT2D eigenvalue weighted by Crippen LogP contribution is -2.35. The SMILES string of the molecule is Cc1ccc(NC(=O)COc2ccccc2/C=C2\SC(=O)N(CC(=O)OC(C)C)C2=O)cc1C. The predicted octanol–water partition coefficient (Wildman–Crippen LogP) is 4.31. The second-order valence-electron chi connectivity index (χ2n) is 7.98. The fourth-order valence-corrected chi connectivity index (χ4v) is 3.93. The Morgan fingerprint density at radius 2 is 1.82 bits per heavy atom. The van der Waals surface area contributed by atoms with Gasteiger partial charge in [0, 0.05) is 11.3 Å². The zero-order chi connectivity index (χ0) is 24.8. The highest BCUT2D eigenvalue weighted by molar-refractivity contribution is 8.18. The molecule has 1 N–H and O–H groups in total. The number of carbonyl (C=O) groups excluding carboxylic acids is 4. The number of hydrogen-bond acceptors (Lipinski definition) is 7. The van der Waals surface area contributed by atoms with Crippen LogP contribution < -0.4 is 10.1 Å². The summed E-state index contributed by atoms with van der Waals surface area (Å²) < 4.78 is 10.7. The van der Waals surface area contributed by atoms with E-state index in [1.165, 1.54) is 6.08 Å². The molecule has 1 fully saturated rings. The molecule has 1 aliphatic heterocycles. The number of imide groups is 1. The highest BCUT2D eigenvalue weighted by Crippen LogP contribution is 2.34. The summed E-state index contributed by atoms with van der Waals surface area (Å²) in [5.41, 5.74) is 3.39. The molecule has 0 aromatic heterocycles.